The zero-order valence-corrected chi connectivity index (χ0v) is 12.7. The molecule has 112 valence electrons. The molecule has 4 heteroatoms. The zero-order valence-electron chi connectivity index (χ0n) is 12.7. The number of nitrogens with zero attached hydrogens (tertiary/aromatic N) is 1. The van der Waals surface area contributed by atoms with Crippen LogP contribution < -0.4 is 15.0 Å². The van der Waals surface area contributed by atoms with Crippen LogP contribution in [0.3, 0.4) is 0 Å². The minimum atomic E-state index is -0.286. The smallest absolute Gasteiger partial charge is 0.167 e. The van der Waals surface area contributed by atoms with E-state index in [1.807, 2.05) is 6.07 Å². The van der Waals surface area contributed by atoms with Gasteiger partial charge in [0, 0.05) is 24.8 Å². The van der Waals surface area contributed by atoms with Gasteiger partial charge in [0.1, 0.15) is 0 Å². The van der Waals surface area contributed by atoms with Crippen LogP contribution >= 0.6 is 0 Å². The van der Waals surface area contributed by atoms with Gasteiger partial charge in [-0.15, -0.1) is 0 Å². The zero-order chi connectivity index (χ0) is 14.5. The summed E-state index contributed by atoms with van der Waals surface area (Å²) in [5, 5.41) is 3.51. The first-order valence-electron chi connectivity index (χ1n) is 7.39. The van der Waals surface area contributed by atoms with Crippen molar-refractivity contribution in [2.45, 2.75) is 20.3 Å². The quantitative estimate of drug-likeness (QED) is 0.867. The number of hydrogen-bond donors (Lipinski definition) is 1. The van der Waals surface area contributed by atoms with Gasteiger partial charge in [-0.05, 0) is 43.5 Å². The number of benzene rings is 1. The monoisotopic (exact) mass is 280 g/mol. The molecule has 0 aliphatic carbocycles. The molecule has 1 aromatic rings. The number of nitrogens with one attached hydrogen (secondary N) is 1. The molecule has 0 spiro atoms. The van der Waals surface area contributed by atoms with Crippen molar-refractivity contribution >= 4 is 5.69 Å². The highest BCUT2D eigenvalue weighted by molar-refractivity contribution is 5.50. The summed E-state index contributed by atoms with van der Waals surface area (Å²) in [7, 11) is 1.49. The first-order valence-corrected chi connectivity index (χ1v) is 7.39. The Bertz CT molecular complexity index is 436. The van der Waals surface area contributed by atoms with Crippen molar-refractivity contribution in [1.82, 2.24) is 5.32 Å². The second-order valence-corrected chi connectivity index (χ2v) is 5.97. The molecule has 2 rings (SSSR count). The third kappa shape index (κ3) is 3.85. The highest BCUT2D eigenvalue weighted by atomic mass is 19.1. The molecule has 1 N–H and O–H groups in total. The number of halogens is 1. The van der Waals surface area contributed by atoms with Crippen LogP contribution in [0.25, 0.3) is 0 Å². The predicted molar refractivity (Wildman–Crippen MR) is 81.0 cm³/mol. The SMILES string of the molecule is COc1ccc(N2CCC(CNCC(C)C)C2)cc1F. The normalized spacial score (nSPS) is 18.9. The molecule has 0 radical (unpaired) electrons. The number of hydrogen-bond acceptors (Lipinski definition) is 3. The molecular weight excluding hydrogens is 255 g/mol. The molecule has 0 bridgehead atoms. The summed E-state index contributed by atoms with van der Waals surface area (Å²) in [6, 6.07) is 5.21. The molecule has 0 saturated carbocycles. The fourth-order valence-electron chi connectivity index (χ4n) is 2.66. The summed E-state index contributed by atoms with van der Waals surface area (Å²) in [6.07, 6.45) is 1.17. The van der Waals surface area contributed by atoms with E-state index in [0.717, 1.165) is 31.9 Å². The molecular formula is C16H25FN2O. The van der Waals surface area contributed by atoms with Crippen molar-refractivity contribution < 1.29 is 9.13 Å². The van der Waals surface area contributed by atoms with Crippen LogP contribution in [-0.2, 0) is 0 Å². The summed E-state index contributed by atoms with van der Waals surface area (Å²) in [6.45, 7) is 8.54. The van der Waals surface area contributed by atoms with Gasteiger partial charge in [-0.3, -0.25) is 0 Å². The minimum absolute atomic E-state index is 0.286. The van der Waals surface area contributed by atoms with Crippen molar-refractivity contribution in [2.75, 3.05) is 38.2 Å². The predicted octanol–water partition coefficient (Wildman–Crippen LogP) is 2.91. The number of ether oxygens (including phenoxy) is 1. The number of rotatable bonds is 6. The van der Waals surface area contributed by atoms with E-state index in [1.54, 1.807) is 12.1 Å². The maximum Gasteiger partial charge on any atom is 0.167 e. The second-order valence-electron chi connectivity index (χ2n) is 5.97. The fourth-order valence-corrected chi connectivity index (χ4v) is 2.66. The molecule has 1 aromatic carbocycles. The molecule has 1 heterocycles. The number of methoxy groups -OCH3 is 1. The molecule has 0 aromatic heterocycles. The summed E-state index contributed by atoms with van der Waals surface area (Å²) in [5.74, 6) is 1.36. The van der Waals surface area contributed by atoms with E-state index in [4.69, 9.17) is 4.74 Å². The summed E-state index contributed by atoms with van der Waals surface area (Å²) in [4.78, 5) is 2.25. The van der Waals surface area contributed by atoms with Gasteiger partial charge >= 0.3 is 0 Å². The van der Waals surface area contributed by atoms with Crippen LogP contribution in [0.4, 0.5) is 10.1 Å². The van der Waals surface area contributed by atoms with Crippen LogP contribution in [-0.4, -0.2) is 33.3 Å². The molecule has 3 nitrogen and oxygen atoms in total. The Labute approximate surface area is 121 Å². The standard InChI is InChI=1S/C16H25FN2O/c1-12(2)9-18-10-13-6-7-19(11-13)14-4-5-16(20-3)15(17)8-14/h4-5,8,12-13,18H,6-7,9-11H2,1-3H3. The van der Waals surface area contributed by atoms with Gasteiger partial charge in [-0.2, -0.15) is 0 Å². The van der Waals surface area contributed by atoms with Gasteiger partial charge in [0.2, 0.25) is 0 Å². The Kier molecular flexibility index (Phi) is 5.24. The Morgan fingerprint density at radius 3 is 2.90 bits per heavy atom. The summed E-state index contributed by atoms with van der Waals surface area (Å²) < 4.78 is 18.7. The average molecular weight is 280 g/mol. The Balaban J connectivity index is 1.87. The van der Waals surface area contributed by atoms with Crippen molar-refractivity contribution in [3.05, 3.63) is 24.0 Å². The van der Waals surface area contributed by atoms with E-state index in [0.29, 0.717) is 17.6 Å². The van der Waals surface area contributed by atoms with Crippen LogP contribution in [0.1, 0.15) is 20.3 Å². The van der Waals surface area contributed by atoms with E-state index in [-0.39, 0.29) is 5.82 Å². The third-order valence-corrected chi connectivity index (χ3v) is 3.77. The lowest BCUT2D eigenvalue weighted by molar-refractivity contribution is 0.386. The van der Waals surface area contributed by atoms with Gasteiger partial charge in [0.05, 0.1) is 7.11 Å². The van der Waals surface area contributed by atoms with Gasteiger partial charge in [0.15, 0.2) is 11.6 Å². The van der Waals surface area contributed by atoms with E-state index in [9.17, 15) is 4.39 Å². The maximum absolute atomic E-state index is 13.7. The Hall–Kier alpha value is -1.29. The van der Waals surface area contributed by atoms with Crippen molar-refractivity contribution in [2.24, 2.45) is 11.8 Å². The molecule has 1 aliphatic rings. The highest BCUT2D eigenvalue weighted by Gasteiger charge is 2.23. The van der Waals surface area contributed by atoms with Crippen LogP contribution in [0.5, 0.6) is 5.75 Å². The number of anilines is 1. The van der Waals surface area contributed by atoms with Crippen molar-refractivity contribution in [3.8, 4) is 5.75 Å². The molecule has 0 amide bonds. The topological polar surface area (TPSA) is 24.5 Å². The molecule has 1 saturated heterocycles. The lowest BCUT2D eigenvalue weighted by Gasteiger charge is -2.19. The fraction of sp³-hybridized carbons (Fsp3) is 0.625. The molecule has 1 atom stereocenters. The van der Waals surface area contributed by atoms with E-state index < -0.39 is 0 Å². The Morgan fingerprint density at radius 2 is 2.25 bits per heavy atom. The molecule has 1 fully saturated rings. The van der Waals surface area contributed by atoms with Gasteiger partial charge in [0.25, 0.3) is 0 Å². The van der Waals surface area contributed by atoms with Crippen molar-refractivity contribution in [1.29, 1.82) is 0 Å². The first-order chi connectivity index (χ1) is 9.60. The lowest BCUT2D eigenvalue weighted by Crippen LogP contribution is -2.28. The van der Waals surface area contributed by atoms with Crippen LogP contribution in [0, 0.1) is 17.7 Å². The highest BCUT2D eigenvalue weighted by Crippen LogP contribution is 2.27. The van der Waals surface area contributed by atoms with Gasteiger partial charge in [-0.25, -0.2) is 4.39 Å². The lowest BCUT2D eigenvalue weighted by atomic mass is 10.1. The maximum atomic E-state index is 13.7. The van der Waals surface area contributed by atoms with E-state index in [2.05, 4.69) is 24.1 Å². The minimum Gasteiger partial charge on any atom is -0.494 e. The van der Waals surface area contributed by atoms with Gasteiger partial charge < -0.3 is 15.0 Å². The van der Waals surface area contributed by atoms with Crippen molar-refractivity contribution in [3.63, 3.8) is 0 Å². The van der Waals surface area contributed by atoms with E-state index in [1.165, 1.54) is 13.5 Å². The molecule has 20 heavy (non-hydrogen) atoms. The largest absolute Gasteiger partial charge is 0.494 e. The first kappa shape index (κ1) is 15.1. The van der Waals surface area contributed by atoms with Crippen LogP contribution in [0.2, 0.25) is 0 Å². The average Bonchev–Trinajstić information content (AvgIpc) is 2.87. The second kappa shape index (κ2) is 6.93. The molecule has 1 aliphatic heterocycles. The van der Waals surface area contributed by atoms with E-state index >= 15 is 0 Å². The third-order valence-electron chi connectivity index (χ3n) is 3.77. The molecule has 1 unspecified atom stereocenters. The Morgan fingerprint density at radius 1 is 1.45 bits per heavy atom. The van der Waals surface area contributed by atoms with Crippen LogP contribution in [0.15, 0.2) is 18.2 Å². The van der Waals surface area contributed by atoms with Gasteiger partial charge in [-0.1, -0.05) is 13.8 Å². The summed E-state index contributed by atoms with van der Waals surface area (Å²) >= 11 is 0. The summed E-state index contributed by atoms with van der Waals surface area (Å²) in [5.41, 5.74) is 0.953.